The van der Waals surface area contributed by atoms with Crippen LogP contribution in [0.25, 0.3) is 0 Å². The zero-order valence-electron chi connectivity index (χ0n) is 10.1. The first-order valence-electron chi connectivity index (χ1n) is 4.40. The summed E-state index contributed by atoms with van der Waals surface area (Å²) in [6.45, 7) is 0. The number of hydrogen-bond donors (Lipinski definition) is 4. The standard InChI is InChI=1S/C4H6O15S4/c5-1(3(20(7,8)9)21(10,11)12)19-2(6)4(22(13,14)15)23(16,17)18/h3-4H,(H,7,8,9)(H,10,11,12)(H,13,14,15)(H,16,17,18). The second kappa shape index (κ2) is 6.35. The molecular formula is C4H6O15S4. The minimum absolute atomic E-state index is 2.84. The first kappa shape index (κ1) is 21.8. The van der Waals surface area contributed by atoms with Crippen molar-refractivity contribution in [2.24, 2.45) is 0 Å². The van der Waals surface area contributed by atoms with Gasteiger partial charge in [-0.15, -0.1) is 0 Å². The quantitative estimate of drug-likeness (QED) is 0.182. The molecule has 0 aliphatic heterocycles. The van der Waals surface area contributed by atoms with E-state index in [4.69, 9.17) is 18.2 Å². The predicted molar refractivity (Wildman–Crippen MR) is 64.9 cm³/mol. The highest BCUT2D eigenvalue weighted by atomic mass is 32.3. The highest BCUT2D eigenvalue weighted by Gasteiger charge is 2.50. The molecule has 0 aromatic carbocycles. The number of carbonyl (C=O) groups is 2. The monoisotopic (exact) mass is 422 g/mol. The third-order valence-electron chi connectivity index (χ3n) is 1.67. The minimum Gasteiger partial charge on any atom is -0.389 e. The van der Waals surface area contributed by atoms with Gasteiger partial charge in [0.2, 0.25) is 0 Å². The first-order chi connectivity index (χ1) is 9.79. The van der Waals surface area contributed by atoms with Gasteiger partial charge in [-0.2, -0.15) is 33.7 Å². The molecule has 0 aromatic heterocycles. The number of hydrogen-bond acceptors (Lipinski definition) is 11. The van der Waals surface area contributed by atoms with Crippen LogP contribution in [0.3, 0.4) is 0 Å². The fourth-order valence-corrected chi connectivity index (χ4v) is 4.61. The molecule has 23 heavy (non-hydrogen) atoms. The molecular weight excluding hydrogens is 416 g/mol. The van der Waals surface area contributed by atoms with Gasteiger partial charge in [-0.1, -0.05) is 0 Å². The van der Waals surface area contributed by atoms with E-state index in [2.05, 4.69) is 4.74 Å². The van der Waals surface area contributed by atoms with Gasteiger partial charge >= 0.3 is 21.1 Å². The van der Waals surface area contributed by atoms with Crippen LogP contribution in [0.2, 0.25) is 0 Å². The fraction of sp³-hybridized carbons (Fsp3) is 0.500. The molecule has 0 aliphatic rings. The van der Waals surface area contributed by atoms with E-state index in [1.165, 1.54) is 0 Å². The number of rotatable bonds is 6. The van der Waals surface area contributed by atoms with Gasteiger partial charge in [0, 0.05) is 0 Å². The lowest BCUT2D eigenvalue weighted by molar-refractivity contribution is -0.157. The maximum atomic E-state index is 11.1. The van der Waals surface area contributed by atoms with E-state index < -0.39 is 61.6 Å². The molecule has 0 heterocycles. The lowest BCUT2D eigenvalue weighted by Gasteiger charge is -2.12. The van der Waals surface area contributed by atoms with Crippen LogP contribution in [0.5, 0.6) is 0 Å². The normalized spacial score (nSPS) is 14.0. The lowest BCUT2D eigenvalue weighted by atomic mass is 10.7. The largest absolute Gasteiger partial charge is 0.389 e. The van der Waals surface area contributed by atoms with Crippen molar-refractivity contribution >= 4 is 52.4 Å². The second-order valence-electron chi connectivity index (χ2n) is 3.46. The Labute approximate surface area is 128 Å². The Hall–Kier alpha value is -1.22. The van der Waals surface area contributed by atoms with E-state index in [0.29, 0.717) is 0 Å². The van der Waals surface area contributed by atoms with Crippen molar-refractivity contribution in [2.75, 3.05) is 0 Å². The summed E-state index contributed by atoms with van der Waals surface area (Å²) in [5.41, 5.74) is 0. The van der Waals surface area contributed by atoms with Crippen LogP contribution in [-0.2, 0) is 54.8 Å². The van der Waals surface area contributed by atoms with Gasteiger partial charge in [-0.3, -0.25) is 18.2 Å². The summed E-state index contributed by atoms with van der Waals surface area (Å²) < 4.78 is 114. The predicted octanol–water partition coefficient (Wildman–Crippen LogP) is -3.74. The summed E-state index contributed by atoms with van der Waals surface area (Å²) in [6.07, 6.45) is 0. The van der Waals surface area contributed by atoms with Crippen LogP contribution in [-0.4, -0.2) is 73.0 Å². The van der Waals surface area contributed by atoms with Crippen molar-refractivity contribution in [1.29, 1.82) is 0 Å². The summed E-state index contributed by atoms with van der Waals surface area (Å²) in [5.74, 6) is -5.67. The van der Waals surface area contributed by atoms with Gasteiger partial charge in [-0.05, 0) is 0 Å². The topological polar surface area (TPSA) is 261 Å². The van der Waals surface area contributed by atoms with E-state index in [1.807, 2.05) is 0 Å². The summed E-state index contributed by atoms with van der Waals surface area (Å²) in [7, 11) is -23.8. The number of ether oxygens (including phenoxy) is 1. The SMILES string of the molecule is O=C(OC(=O)C(S(=O)(=O)O)S(=O)(=O)O)C(S(=O)(=O)O)S(=O)(=O)O. The van der Waals surface area contributed by atoms with Crippen LogP contribution < -0.4 is 0 Å². The average molecular weight is 422 g/mol. The lowest BCUT2D eigenvalue weighted by Crippen LogP contribution is -2.44. The summed E-state index contributed by atoms with van der Waals surface area (Å²) in [5, 5.41) is 0. The summed E-state index contributed by atoms with van der Waals surface area (Å²) in [6, 6.07) is 0. The maximum Gasteiger partial charge on any atom is 0.352 e. The van der Waals surface area contributed by atoms with Crippen molar-refractivity contribution in [3.05, 3.63) is 0 Å². The van der Waals surface area contributed by atoms with Gasteiger partial charge in [0.1, 0.15) is 0 Å². The zero-order chi connectivity index (χ0) is 19.0. The van der Waals surface area contributed by atoms with Crippen molar-refractivity contribution in [3.8, 4) is 0 Å². The molecule has 0 rings (SSSR count). The van der Waals surface area contributed by atoms with E-state index >= 15 is 0 Å². The van der Waals surface area contributed by atoms with Crippen LogP contribution >= 0.6 is 0 Å². The molecule has 0 bridgehead atoms. The minimum atomic E-state index is -5.95. The second-order valence-corrected chi connectivity index (χ2v) is 10.1. The molecule has 4 N–H and O–H groups in total. The maximum absolute atomic E-state index is 11.1. The molecule has 0 aliphatic carbocycles. The van der Waals surface area contributed by atoms with Gasteiger partial charge in [0.15, 0.2) is 0 Å². The third kappa shape index (κ3) is 6.06. The highest BCUT2D eigenvalue weighted by Crippen LogP contribution is 2.13. The van der Waals surface area contributed by atoms with E-state index in [0.717, 1.165) is 0 Å². The van der Waals surface area contributed by atoms with Crippen molar-refractivity contribution < 1.29 is 66.2 Å². The van der Waals surface area contributed by atoms with Crippen molar-refractivity contribution in [1.82, 2.24) is 0 Å². The van der Waals surface area contributed by atoms with Crippen molar-refractivity contribution in [3.63, 3.8) is 0 Å². The van der Waals surface area contributed by atoms with E-state index in [-0.39, 0.29) is 0 Å². The molecule has 136 valence electrons. The van der Waals surface area contributed by atoms with Gasteiger partial charge in [-0.25, -0.2) is 9.59 Å². The van der Waals surface area contributed by atoms with Crippen LogP contribution in [0.15, 0.2) is 0 Å². The Morgan fingerprint density at radius 3 is 0.870 bits per heavy atom. The molecule has 0 fully saturated rings. The number of esters is 2. The Bertz CT molecular complexity index is 771. The molecule has 0 radical (unpaired) electrons. The van der Waals surface area contributed by atoms with Crippen LogP contribution in [0.4, 0.5) is 0 Å². The first-order valence-corrected chi connectivity index (χ1v) is 10.4. The molecule has 0 atom stereocenters. The molecule has 19 heteroatoms. The summed E-state index contributed by atoms with van der Waals surface area (Å²) >= 11 is 0. The van der Waals surface area contributed by atoms with Gasteiger partial charge < -0.3 is 4.74 Å². The molecule has 15 nitrogen and oxygen atoms in total. The van der Waals surface area contributed by atoms with Crippen LogP contribution in [0.1, 0.15) is 0 Å². The highest BCUT2D eigenvalue weighted by molar-refractivity contribution is 8.05. The Kier molecular flexibility index (Phi) is 6.01. The van der Waals surface area contributed by atoms with E-state index in [9.17, 15) is 43.3 Å². The smallest absolute Gasteiger partial charge is 0.352 e. The Balaban J connectivity index is 5.91. The Morgan fingerprint density at radius 2 is 0.739 bits per heavy atom. The number of carbonyl (C=O) groups excluding carboxylic acids is 2. The average Bonchev–Trinajstić information content (AvgIpc) is 2.04. The van der Waals surface area contributed by atoms with Crippen LogP contribution in [0, 0.1) is 0 Å². The molecule has 0 saturated heterocycles. The summed E-state index contributed by atoms with van der Waals surface area (Å²) in [4.78, 5) is 22.3. The van der Waals surface area contributed by atoms with Gasteiger partial charge in [0.05, 0.1) is 0 Å². The molecule has 0 aromatic rings. The molecule has 0 saturated carbocycles. The molecule has 0 spiro atoms. The zero-order valence-corrected chi connectivity index (χ0v) is 13.3. The van der Waals surface area contributed by atoms with Crippen molar-refractivity contribution in [2.45, 2.75) is 9.16 Å². The van der Waals surface area contributed by atoms with Gasteiger partial charge in [0.25, 0.3) is 40.5 Å². The molecule has 0 amide bonds. The third-order valence-corrected chi connectivity index (χ3v) is 7.52. The Morgan fingerprint density at radius 1 is 0.565 bits per heavy atom. The fourth-order valence-electron chi connectivity index (χ4n) is 0.989. The van der Waals surface area contributed by atoms with E-state index in [1.54, 1.807) is 0 Å². The molecule has 0 unspecified atom stereocenters.